The number of hydrogen-bond acceptors (Lipinski definition) is 5. The standard InChI is InChI=1S/C11H12Cl2N2O3/c1-3-18-11(16)7-14-15(13)10-5-4-8(17-2)6-9(10)12/h4-7H,3H2,1-2H3. The maximum Gasteiger partial charge on any atom is 0.351 e. The number of carbonyl (C=O) groups is 1. The van der Waals surface area contributed by atoms with Gasteiger partial charge in [0.25, 0.3) is 0 Å². The van der Waals surface area contributed by atoms with Gasteiger partial charge < -0.3 is 9.47 Å². The maximum absolute atomic E-state index is 11.1. The van der Waals surface area contributed by atoms with Crippen molar-refractivity contribution < 1.29 is 14.3 Å². The Labute approximate surface area is 115 Å². The highest BCUT2D eigenvalue weighted by atomic mass is 35.5. The Morgan fingerprint density at radius 3 is 2.83 bits per heavy atom. The smallest absolute Gasteiger partial charge is 0.351 e. The first-order valence-corrected chi connectivity index (χ1v) is 5.80. The molecule has 1 aromatic rings. The van der Waals surface area contributed by atoms with Crippen molar-refractivity contribution >= 4 is 41.2 Å². The summed E-state index contributed by atoms with van der Waals surface area (Å²) in [6, 6.07) is 4.89. The topological polar surface area (TPSA) is 51.1 Å². The van der Waals surface area contributed by atoms with Crippen LogP contribution in [-0.2, 0) is 9.53 Å². The van der Waals surface area contributed by atoms with Crippen molar-refractivity contribution in [3.8, 4) is 5.75 Å². The van der Waals surface area contributed by atoms with Crippen LogP contribution in [0.1, 0.15) is 6.92 Å². The van der Waals surface area contributed by atoms with E-state index in [4.69, 9.17) is 28.1 Å². The average Bonchev–Trinajstić information content (AvgIpc) is 2.36. The fourth-order valence-electron chi connectivity index (χ4n) is 1.10. The lowest BCUT2D eigenvalue weighted by atomic mass is 10.3. The predicted octanol–water partition coefficient (Wildman–Crippen LogP) is 2.86. The summed E-state index contributed by atoms with van der Waals surface area (Å²) >= 11 is 11.8. The van der Waals surface area contributed by atoms with Gasteiger partial charge in [0, 0.05) is 17.8 Å². The number of benzene rings is 1. The van der Waals surface area contributed by atoms with Crippen molar-refractivity contribution in [3.63, 3.8) is 0 Å². The number of ether oxygens (including phenoxy) is 2. The van der Waals surface area contributed by atoms with Gasteiger partial charge in [0.15, 0.2) is 0 Å². The fourth-order valence-corrected chi connectivity index (χ4v) is 1.59. The van der Waals surface area contributed by atoms with Crippen LogP contribution < -0.4 is 9.26 Å². The molecule has 0 amide bonds. The van der Waals surface area contributed by atoms with Crippen molar-refractivity contribution in [2.45, 2.75) is 6.92 Å². The summed E-state index contributed by atoms with van der Waals surface area (Å²) in [5.74, 6) is 0.0240. The Morgan fingerprint density at radius 2 is 2.28 bits per heavy atom. The van der Waals surface area contributed by atoms with E-state index in [-0.39, 0.29) is 6.61 Å². The zero-order valence-electron chi connectivity index (χ0n) is 9.89. The minimum Gasteiger partial charge on any atom is -0.497 e. The molecule has 7 heteroatoms. The molecular weight excluding hydrogens is 279 g/mol. The number of nitrogens with zero attached hydrogens (tertiary/aromatic N) is 2. The van der Waals surface area contributed by atoms with E-state index >= 15 is 0 Å². The van der Waals surface area contributed by atoms with Crippen LogP contribution in [0, 0.1) is 0 Å². The molecule has 0 radical (unpaired) electrons. The summed E-state index contributed by atoms with van der Waals surface area (Å²) in [7, 11) is 1.53. The van der Waals surface area contributed by atoms with Gasteiger partial charge in [0.1, 0.15) is 12.0 Å². The molecule has 0 aliphatic carbocycles. The second-order valence-corrected chi connectivity index (χ2v) is 3.80. The van der Waals surface area contributed by atoms with Crippen molar-refractivity contribution in [3.05, 3.63) is 23.2 Å². The third kappa shape index (κ3) is 4.09. The molecule has 0 spiro atoms. The number of halogens is 2. The van der Waals surface area contributed by atoms with Crippen LogP contribution in [0.25, 0.3) is 0 Å². The number of anilines is 1. The van der Waals surface area contributed by atoms with Crippen LogP contribution in [0.2, 0.25) is 5.02 Å². The fraction of sp³-hybridized carbons (Fsp3) is 0.273. The van der Waals surface area contributed by atoms with Gasteiger partial charge in [-0.1, -0.05) is 11.6 Å². The first-order chi connectivity index (χ1) is 8.58. The molecule has 0 aliphatic rings. The lowest BCUT2D eigenvalue weighted by molar-refractivity contribution is -0.134. The number of methoxy groups -OCH3 is 1. The Balaban J connectivity index is 2.78. The molecule has 0 unspecified atom stereocenters. The van der Waals surface area contributed by atoms with E-state index < -0.39 is 5.97 Å². The highest BCUT2D eigenvalue weighted by Gasteiger charge is 2.08. The molecule has 0 saturated heterocycles. The normalized spacial score (nSPS) is 10.4. The molecule has 1 aromatic carbocycles. The van der Waals surface area contributed by atoms with E-state index in [0.717, 1.165) is 10.7 Å². The quantitative estimate of drug-likeness (QED) is 0.362. The average molecular weight is 291 g/mol. The first-order valence-electron chi connectivity index (χ1n) is 5.08. The van der Waals surface area contributed by atoms with Gasteiger partial charge in [-0.3, -0.25) is 0 Å². The largest absolute Gasteiger partial charge is 0.497 e. The number of hydrogen-bond donors (Lipinski definition) is 0. The molecule has 98 valence electrons. The van der Waals surface area contributed by atoms with Gasteiger partial charge in [-0.25, -0.2) is 4.79 Å². The third-order valence-electron chi connectivity index (χ3n) is 1.90. The molecular formula is C11H12Cl2N2O3. The zero-order chi connectivity index (χ0) is 13.5. The molecule has 0 fully saturated rings. The van der Waals surface area contributed by atoms with E-state index in [2.05, 4.69) is 9.84 Å². The Bertz CT molecular complexity index is 452. The van der Waals surface area contributed by atoms with Crippen LogP contribution in [0.4, 0.5) is 5.69 Å². The van der Waals surface area contributed by atoms with Crippen LogP contribution in [0.3, 0.4) is 0 Å². The number of hydrazone groups is 1. The molecule has 0 heterocycles. The van der Waals surface area contributed by atoms with Gasteiger partial charge in [-0.05, 0) is 19.1 Å². The van der Waals surface area contributed by atoms with E-state index in [0.29, 0.717) is 16.5 Å². The Hall–Kier alpha value is -1.46. The molecule has 0 atom stereocenters. The second kappa shape index (κ2) is 7.08. The SMILES string of the molecule is CCOC(=O)C=NN(Cl)c1ccc(OC)cc1Cl. The van der Waals surface area contributed by atoms with Crippen LogP contribution >= 0.6 is 23.4 Å². The minimum absolute atomic E-state index is 0.274. The summed E-state index contributed by atoms with van der Waals surface area (Å²) in [6.45, 7) is 1.97. The van der Waals surface area contributed by atoms with Crippen LogP contribution in [-0.4, -0.2) is 25.9 Å². The lowest BCUT2D eigenvalue weighted by Gasteiger charge is -2.11. The van der Waals surface area contributed by atoms with Gasteiger partial charge in [0.2, 0.25) is 0 Å². The molecule has 1 rings (SSSR count). The summed E-state index contributed by atoms with van der Waals surface area (Å²) in [5, 5.41) is 4.06. The van der Waals surface area contributed by atoms with Crippen LogP contribution in [0.5, 0.6) is 5.75 Å². The van der Waals surface area contributed by atoms with E-state index in [1.165, 1.54) is 7.11 Å². The van der Waals surface area contributed by atoms with Crippen LogP contribution in [0.15, 0.2) is 23.3 Å². The first kappa shape index (κ1) is 14.6. The van der Waals surface area contributed by atoms with Crippen molar-refractivity contribution in [2.24, 2.45) is 5.10 Å². The molecule has 0 bridgehead atoms. The highest BCUT2D eigenvalue weighted by Crippen LogP contribution is 2.30. The van der Waals surface area contributed by atoms with E-state index in [1.807, 2.05) is 0 Å². The molecule has 18 heavy (non-hydrogen) atoms. The van der Waals surface area contributed by atoms with Gasteiger partial charge in [-0.15, -0.1) is 0 Å². The van der Waals surface area contributed by atoms with Crippen molar-refractivity contribution in [1.29, 1.82) is 0 Å². The van der Waals surface area contributed by atoms with E-state index in [9.17, 15) is 4.79 Å². The number of rotatable bonds is 5. The summed E-state index contributed by atoms with van der Waals surface area (Å²) in [4.78, 5) is 11.1. The van der Waals surface area contributed by atoms with Crippen molar-refractivity contribution in [1.82, 2.24) is 0 Å². The Kier molecular flexibility index (Phi) is 5.74. The number of carbonyl (C=O) groups excluding carboxylic acids is 1. The zero-order valence-corrected chi connectivity index (χ0v) is 11.4. The highest BCUT2D eigenvalue weighted by molar-refractivity contribution is 6.36. The van der Waals surface area contributed by atoms with Gasteiger partial charge >= 0.3 is 5.97 Å². The van der Waals surface area contributed by atoms with Crippen molar-refractivity contribution in [2.75, 3.05) is 18.2 Å². The van der Waals surface area contributed by atoms with E-state index in [1.54, 1.807) is 25.1 Å². The second-order valence-electron chi connectivity index (χ2n) is 3.07. The molecule has 0 N–H and O–H groups in total. The monoisotopic (exact) mass is 290 g/mol. The lowest BCUT2D eigenvalue weighted by Crippen LogP contribution is -2.09. The van der Waals surface area contributed by atoms with Gasteiger partial charge in [0.05, 0.1) is 24.4 Å². The third-order valence-corrected chi connectivity index (χ3v) is 2.48. The maximum atomic E-state index is 11.1. The summed E-state index contributed by atoms with van der Waals surface area (Å²) < 4.78 is 10.6. The minimum atomic E-state index is -0.576. The molecule has 0 aromatic heterocycles. The summed E-state index contributed by atoms with van der Waals surface area (Å²) in [6.07, 6.45) is 0.969. The number of esters is 1. The molecule has 0 saturated carbocycles. The summed E-state index contributed by atoms with van der Waals surface area (Å²) in [5.41, 5.74) is 0.430. The molecule has 5 nitrogen and oxygen atoms in total. The molecule has 0 aliphatic heterocycles. The Morgan fingerprint density at radius 1 is 1.56 bits per heavy atom. The predicted molar refractivity (Wildman–Crippen MR) is 71.5 cm³/mol. The van der Waals surface area contributed by atoms with Gasteiger partial charge in [-0.2, -0.15) is 9.63 Å².